The van der Waals surface area contributed by atoms with Crippen LogP contribution in [0.15, 0.2) is 46.0 Å². The molecule has 1 fully saturated rings. The molecule has 1 saturated heterocycles. The molecular formula is C21H28F2N4O2. The van der Waals surface area contributed by atoms with Gasteiger partial charge in [-0.3, -0.25) is 4.99 Å². The van der Waals surface area contributed by atoms with Crippen LogP contribution in [0, 0.1) is 11.6 Å². The Labute approximate surface area is 169 Å². The number of halogens is 2. The van der Waals surface area contributed by atoms with E-state index < -0.39 is 11.6 Å². The quantitative estimate of drug-likeness (QED) is 0.380. The standard InChI is InChI=1S/C21H28F2N4O2/c1-2-24-21(25-10-5-12-28-15-17-6-4-13-29-17)26-16-9-11-27(14-16)20-18(22)7-3-8-19(20)23/h3-4,6-8,13,16H,2,5,9-12,14-15H2,1H3,(H2,24,25,26). The van der Waals surface area contributed by atoms with E-state index in [1.807, 2.05) is 19.1 Å². The second-order valence-electron chi connectivity index (χ2n) is 6.89. The molecule has 0 spiro atoms. The SMILES string of the molecule is CCNC(=NCCCOCc1ccco1)NC1CCN(c2c(F)cccc2F)C1. The number of rotatable bonds is 9. The molecule has 0 aliphatic carbocycles. The van der Waals surface area contributed by atoms with Crippen LogP contribution in [0.4, 0.5) is 14.5 Å². The van der Waals surface area contributed by atoms with Gasteiger partial charge in [0.15, 0.2) is 5.96 Å². The van der Waals surface area contributed by atoms with Crippen LogP contribution in [0.25, 0.3) is 0 Å². The lowest BCUT2D eigenvalue weighted by atomic mass is 10.2. The fraction of sp³-hybridized carbons (Fsp3) is 0.476. The maximum Gasteiger partial charge on any atom is 0.191 e. The molecule has 2 aromatic rings. The lowest BCUT2D eigenvalue weighted by Crippen LogP contribution is -2.44. The minimum absolute atomic E-state index is 0.0486. The van der Waals surface area contributed by atoms with E-state index in [9.17, 15) is 8.78 Å². The molecule has 0 saturated carbocycles. The summed E-state index contributed by atoms with van der Waals surface area (Å²) in [6.45, 7) is 5.52. The van der Waals surface area contributed by atoms with Crippen molar-refractivity contribution in [3.8, 4) is 0 Å². The number of hydrogen-bond donors (Lipinski definition) is 2. The van der Waals surface area contributed by atoms with Crippen molar-refractivity contribution in [3.05, 3.63) is 54.0 Å². The normalized spacial score (nSPS) is 17.0. The molecule has 1 aromatic heterocycles. The van der Waals surface area contributed by atoms with E-state index >= 15 is 0 Å². The molecule has 0 amide bonds. The summed E-state index contributed by atoms with van der Waals surface area (Å²) in [5.41, 5.74) is 0.0486. The van der Waals surface area contributed by atoms with E-state index in [-0.39, 0.29) is 11.7 Å². The molecule has 1 atom stereocenters. The van der Waals surface area contributed by atoms with Crippen molar-refractivity contribution in [3.63, 3.8) is 0 Å². The second-order valence-corrected chi connectivity index (χ2v) is 6.89. The van der Waals surface area contributed by atoms with Crippen molar-refractivity contribution in [1.82, 2.24) is 10.6 Å². The maximum absolute atomic E-state index is 14.0. The molecule has 6 nitrogen and oxygen atoms in total. The van der Waals surface area contributed by atoms with Gasteiger partial charge in [-0.15, -0.1) is 0 Å². The molecule has 2 heterocycles. The van der Waals surface area contributed by atoms with Crippen molar-refractivity contribution < 1.29 is 17.9 Å². The third kappa shape index (κ3) is 6.19. The summed E-state index contributed by atoms with van der Waals surface area (Å²) < 4.78 is 38.8. The second kappa shape index (κ2) is 10.8. The zero-order valence-corrected chi connectivity index (χ0v) is 16.7. The largest absolute Gasteiger partial charge is 0.467 e. The first-order valence-electron chi connectivity index (χ1n) is 10.0. The predicted molar refractivity (Wildman–Crippen MR) is 109 cm³/mol. The fourth-order valence-corrected chi connectivity index (χ4v) is 3.31. The van der Waals surface area contributed by atoms with E-state index in [2.05, 4.69) is 15.6 Å². The molecule has 1 aromatic carbocycles. The minimum Gasteiger partial charge on any atom is -0.467 e. The summed E-state index contributed by atoms with van der Waals surface area (Å²) >= 11 is 0. The smallest absolute Gasteiger partial charge is 0.191 e. The Morgan fingerprint density at radius 2 is 2.10 bits per heavy atom. The van der Waals surface area contributed by atoms with Crippen molar-refractivity contribution >= 4 is 11.6 Å². The number of hydrogen-bond acceptors (Lipinski definition) is 4. The Hall–Kier alpha value is -2.61. The third-order valence-corrected chi connectivity index (χ3v) is 4.67. The van der Waals surface area contributed by atoms with Gasteiger partial charge in [0.25, 0.3) is 0 Å². The minimum atomic E-state index is -0.527. The fourth-order valence-electron chi connectivity index (χ4n) is 3.31. The molecule has 0 radical (unpaired) electrons. The molecule has 3 rings (SSSR count). The van der Waals surface area contributed by atoms with Crippen molar-refractivity contribution in [1.29, 1.82) is 0 Å². The molecule has 2 N–H and O–H groups in total. The average molecular weight is 406 g/mol. The zero-order chi connectivity index (χ0) is 20.5. The van der Waals surface area contributed by atoms with Crippen LogP contribution in [0.2, 0.25) is 0 Å². The van der Waals surface area contributed by atoms with Crippen LogP contribution in [-0.2, 0) is 11.3 Å². The van der Waals surface area contributed by atoms with Gasteiger partial charge in [0.1, 0.15) is 29.7 Å². The summed E-state index contributed by atoms with van der Waals surface area (Å²) in [6.07, 6.45) is 3.20. The van der Waals surface area contributed by atoms with Crippen LogP contribution in [-0.4, -0.2) is 44.8 Å². The summed E-state index contributed by atoms with van der Waals surface area (Å²) in [5, 5.41) is 6.58. The Morgan fingerprint density at radius 1 is 1.28 bits per heavy atom. The monoisotopic (exact) mass is 406 g/mol. The van der Waals surface area contributed by atoms with Gasteiger partial charge in [-0.1, -0.05) is 6.07 Å². The number of nitrogens with zero attached hydrogens (tertiary/aromatic N) is 2. The molecule has 1 aliphatic rings. The highest BCUT2D eigenvalue weighted by atomic mass is 19.1. The van der Waals surface area contributed by atoms with Gasteiger partial charge in [0.2, 0.25) is 0 Å². The van der Waals surface area contributed by atoms with Crippen molar-refractivity contribution in [2.24, 2.45) is 4.99 Å². The highest BCUT2D eigenvalue weighted by molar-refractivity contribution is 5.80. The summed E-state index contributed by atoms with van der Waals surface area (Å²) in [7, 11) is 0. The van der Waals surface area contributed by atoms with Crippen LogP contribution in [0.5, 0.6) is 0 Å². The topological polar surface area (TPSA) is 62.0 Å². The predicted octanol–water partition coefficient (Wildman–Crippen LogP) is 3.30. The number of benzene rings is 1. The van der Waals surface area contributed by atoms with E-state index in [0.717, 1.165) is 25.1 Å². The van der Waals surface area contributed by atoms with Crippen LogP contribution in [0.3, 0.4) is 0 Å². The number of aliphatic imine (C=N–C) groups is 1. The molecular weight excluding hydrogens is 378 g/mol. The van der Waals surface area contributed by atoms with E-state index in [0.29, 0.717) is 38.8 Å². The average Bonchev–Trinajstić information content (AvgIpc) is 3.37. The van der Waals surface area contributed by atoms with E-state index in [4.69, 9.17) is 9.15 Å². The Morgan fingerprint density at radius 3 is 2.83 bits per heavy atom. The number of para-hydroxylation sites is 1. The van der Waals surface area contributed by atoms with Gasteiger partial charge >= 0.3 is 0 Å². The van der Waals surface area contributed by atoms with Crippen LogP contribution in [0.1, 0.15) is 25.5 Å². The van der Waals surface area contributed by atoms with E-state index in [1.54, 1.807) is 11.2 Å². The lowest BCUT2D eigenvalue weighted by molar-refractivity contribution is 0.105. The van der Waals surface area contributed by atoms with Gasteiger partial charge in [-0.25, -0.2) is 8.78 Å². The van der Waals surface area contributed by atoms with E-state index in [1.165, 1.54) is 18.2 Å². The first kappa shape index (κ1) is 21.1. The third-order valence-electron chi connectivity index (χ3n) is 4.67. The van der Waals surface area contributed by atoms with Gasteiger partial charge in [-0.05, 0) is 44.0 Å². The molecule has 1 aliphatic heterocycles. The van der Waals surface area contributed by atoms with Crippen LogP contribution >= 0.6 is 0 Å². The summed E-state index contributed by atoms with van der Waals surface area (Å²) in [6, 6.07) is 7.75. The van der Waals surface area contributed by atoms with Crippen molar-refractivity contribution in [2.45, 2.75) is 32.4 Å². The Bertz CT molecular complexity index is 763. The highest BCUT2D eigenvalue weighted by Gasteiger charge is 2.27. The number of ether oxygens (including phenoxy) is 1. The maximum atomic E-state index is 14.0. The molecule has 0 bridgehead atoms. The van der Waals surface area contributed by atoms with Crippen molar-refractivity contribution in [2.75, 3.05) is 37.7 Å². The molecule has 158 valence electrons. The highest BCUT2D eigenvalue weighted by Crippen LogP contribution is 2.26. The number of furan rings is 1. The summed E-state index contributed by atoms with van der Waals surface area (Å²) in [4.78, 5) is 6.31. The first-order chi connectivity index (χ1) is 14.2. The summed E-state index contributed by atoms with van der Waals surface area (Å²) in [5.74, 6) is 0.460. The molecule has 1 unspecified atom stereocenters. The number of anilines is 1. The first-order valence-corrected chi connectivity index (χ1v) is 10.0. The zero-order valence-electron chi connectivity index (χ0n) is 16.7. The lowest BCUT2D eigenvalue weighted by Gasteiger charge is -2.21. The Kier molecular flexibility index (Phi) is 7.86. The van der Waals surface area contributed by atoms with Crippen LogP contribution < -0.4 is 15.5 Å². The molecule has 29 heavy (non-hydrogen) atoms. The van der Waals surface area contributed by atoms with Gasteiger partial charge in [-0.2, -0.15) is 0 Å². The van der Waals surface area contributed by atoms with Gasteiger partial charge in [0.05, 0.1) is 6.26 Å². The molecule has 8 heteroatoms. The van der Waals surface area contributed by atoms with Gasteiger partial charge in [0, 0.05) is 38.8 Å². The number of guanidine groups is 1. The number of nitrogens with one attached hydrogen (secondary N) is 2. The Balaban J connectivity index is 1.44. The van der Waals surface area contributed by atoms with Gasteiger partial charge < -0.3 is 24.7 Å².